The summed E-state index contributed by atoms with van der Waals surface area (Å²) in [6.45, 7) is 1.85. The van der Waals surface area contributed by atoms with Crippen LogP contribution in [-0.4, -0.2) is 17.5 Å². The molecule has 7 heteroatoms. The van der Waals surface area contributed by atoms with Crippen molar-refractivity contribution in [2.75, 3.05) is 5.01 Å². The number of amides is 2. The molecule has 1 heterocycles. The standard InChI is InChI=1S/C29H26N4O3/c1-20-26-24(30-31-28(34)21-12-5-2-6-13-21)18-11-19-25(26)36-27(20)29(35)32-33(22-14-7-3-8-15-22)23-16-9-4-10-17-23/h2-10,12-17H,11,18-19H2,1H3,(H,31,34)(H,32,35)/b30-24+. The van der Waals surface area contributed by atoms with Crippen LogP contribution in [0.25, 0.3) is 0 Å². The van der Waals surface area contributed by atoms with Gasteiger partial charge in [0.15, 0.2) is 5.76 Å². The number of para-hydroxylation sites is 2. The van der Waals surface area contributed by atoms with Gasteiger partial charge in [0.1, 0.15) is 5.76 Å². The van der Waals surface area contributed by atoms with E-state index in [2.05, 4.69) is 16.0 Å². The number of aryl methyl sites for hydroxylation is 1. The zero-order valence-electron chi connectivity index (χ0n) is 19.9. The summed E-state index contributed by atoms with van der Waals surface area (Å²) in [7, 11) is 0. The molecule has 0 saturated heterocycles. The van der Waals surface area contributed by atoms with E-state index in [9.17, 15) is 9.59 Å². The van der Waals surface area contributed by atoms with Crippen molar-refractivity contribution in [2.45, 2.75) is 26.2 Å². The topological polar surface area (TPSA) is 86.9 Å². The van der Waals surface area contributed by atoms with Gasteiger partial charge < -0.3 is 4.42 Å². The smallest absolute Gasteiger partial charge is 0.306 e. The Labute approximate surface area is 209 Å². The van der Waals surface area contributed by atoms with E-state index in [0.29, 0.717) is 35.4 Å². The van der Waals surface area contributed by atoms with Gasteiger partial charge in [-0.05, 0) is 56.2 Å². The summed E-state index contributed by atoms with van der Waals surface area (Å²) in [5, 5.41) is 6.14. The van der Waals surface area contributed by atoms with Gasteiger partial charge in [-0.2, -0.15) is 5.10 Å². The highest BCUT2D eigenvalue weighted by molar-refractivity contribution is 6.07. The average molecular weight is 479 g/mol. The molecule has 4 aromatic rings. The number of hydrogen-bond acceptors (Lipinski definition) is 5. The first-order valence-corrected chi connectivity index (χ1v) is 11.9. The molecule has 0 fully saturated rings. The van der Waals surface area contributed by atoms with Gasteiger partial charge in [-0.1, -0.05) is 54.6 Å². The number of fused-ring (bicyclic) bond motifs is 1. The van der Waals surface area contributed by atoms with E-state index in [4.69, 9.17) is 4.42 Å². The van der Waals surface area contributed by atoms with E-state index in [-0.39, 0.29) is 17.6 Å². The van der Waals surface area contributed by atoms with E-state index >= 15 is 0 Å². The fraction of sp³-hybridized carbons (Fsp3) is 0.138. The molecule has 1 aliphatic carbocycles. The molecule has 0 bridgehead atoms. The maximum absolute atomic E-state index is 13.4. The highest BCUT2D eigenvalue weighted by Crippen LogP contribution is 2.30. The second-order valence-electron chi connectivity index (χ2n) is 8.52. The summed E-state index contributed by atoms with van der Waals surface area (Å²) >= 11 is 0. The van der Waals surface area contributed by atoms with Crippen molar-refractivity contribution in [2.24, 2.45) is 5.10 Å². The molecule has 1 aliphatic rings. The first-order chi connectivity index (χ1) is 17.6. The molecule has 1 aromatic heterocycles. The Morgan fingerprint density at radius 3 is 2.00 bits per heavy atom. The number of hydrogen-bond donors (Lipinski definition) is 2. The van der Waals surface area contributed by atoms with Crippen LogP contribution in [0.3, 0.4) is 0 Å². The third-order valence-electron chi connectivity index (χ3n) is 6.10. The van der Waals surface area contributed by atoms with Crippen LogP contribution in [-0.2, 0) is 6.42 Å². The van der Waals surface area contributed by atoms with Gasteiger partial charge in [-0.3, -0.25) is 20.0 Å². The van der Waals surface area contributed by atoms with E-state index in [0.717, 1.165) is 23.4 Å². The molecule has 36 heavy (non-hydrogen) atoms. The normalized spacial score (nSPS) is 13.6. The minimum Gasteiger partial charge on any atom is -0.455 e. The molecule has 2 amide bonds. The van der Waals surface area contributed by atoms with Crippen LogP contribution in [0.5, 0.6) is 0 Å². The van der Waals surface area contributed by atoms with Gasteiger partial charge in [0.25, 0.3) is 5.91 Å². The Kier molecular flexibility index (Phi) is 6.62. The van der Waals surface area contributed by atoms with Crippen molar-refractivity contribution in [1.29, 1.82) is 0 Å². The Bertz CT molecular complexity index is 1360. The van der Waals surface area contributed by atoms with Gasteiger partial charge in [0.05, 0.1) is 17.1 Å². The predicted octanol–water partition coefficient (Wildman–Crippen LogP) is 5.54. The third kappa shape index (κ3) is 4.77. The maximum Gasteiger partial charge on any atom is 0.306 e. The van der Waals surface area contributed by atoms with Gasteiger partial charge in [0.2, 0.25) is 0 Å². The van der Waals surface area contributed by atoms with Crippen molar-refractivity contribution >= 4 is 28.9 Å². The minimum absolute atomic E-state index is 0.237. The van der Waals surface area contributed by atoms with Crippen LogP contribution in [0.1, 0.15) is 50.6 Å². The molecule has 5 rings (SSSR count). The molecule has 0 unspecified atom stereocenters. The number of hydrazine groups is 1. The maximum atomic E-state index is 13.4. The van der Waals surface area contributed by atoms with Gasteiger partial charge in [0, 0.05) is 23.1 Å². The van der Waals surface area contributed by atoms with Crippen LogP contribution in [0.4, 0.5) is 11.4 Å². The summed E-state index contributed by atoms with van der Waals surface area (Å²) in [5.74, 6) is 0.307. The largest absolute Gasteiger partial charge is 0.455 e. The molecule has 0 saturated carbocycles. The molecule has 3 aromatic carbocycles. The Morgan fingerprint density at radius 2 is 1.39 bits per heavy atom. The SMILES string of the molecule is Cc1c(C(=O)NN(c2ccccc2)c2ccccc2)oc2c1/C(=N/NC(=O)c1ccccc1)CCC2. The van der Waals surface area contributed by atoms with E-state index in [1.165, 1.54) is 0 Å². The highest BCUT2D eigenvalue weighted by atomic mass is 16.4. The lowest BCUT2D eigenvalue weighted by molar-refractivity contribution is 0.0921. The molecule has 180 valence electrons. The van der Waals surface area contributed by atoms with Gasteiger partial charge in [-0.15, -0.1) is 0 Å². The zero-order chi connectivity index (χ0) is 24.9. The average Bonchev–Trinajstić information content (AvgIpc) is 3.28. The van der Waals surface area contributed by atoms with Crippen LogP contribution < -0.4 is 15.9 Å². The van der Waals surface area contributed by atoms with Crippen LogP contribution >= 0.6 is 0 Å². The van der Waals surface area contributed by atoms with Crippen molar-refractivity contribution in [3.63, 3.8) is 0 Å². The summed E-state index contributed by atoms with van der Waals surface area (Å²) in [6, 6.07) is 28.2. The van der Waals surface area contributed by atoms with Crippen molar-refractivity contribution < 1.29 is 14.0 Å². The van der Waals surface area contributed by atoms with Gasteiger partial charge >= 0.3 is 5.91 Å². The Morgan fingerprint density at radius 1 is 0.806 bits per heavy atom. The third-order valence-corrected chi connectivity index (χ3v) is 6.10. The quantitative estimate of drug-likeness (QED) is 0.356. The number of nitrogens with one attached hydrogen (secondary N) is 2. The second-order valence-corrected chi connectivity index (χ2v) is 8.52. The number of nitrogens with zero attached hydrogens (tertiary/aromatic N) is 2. The number of rotatable bonds is 6. The number of carbonyl (C=O) groups is 2. The summed E-state index contributed by atoms with van der Waals surface area (Å²) < 4.78 is 6.06. The van der Waals surface area contributed by atoms with E-state index in [1.54, 1.807) is 29.3 Å². The predicted molar refractivity (Wildman–Crippen MR) is 139 cm³/mol. The Balaban J connectivity index is 1.41. The van der Waals surface area contributed by atoms with Crippen LogP contribution in [0, 0.1) is 6.92 Å². The fourth-order valence-electron chi connectivity index (χ4n) is 4.35. The molecule has 0 atom stereocenters. The number of carbonyl (C=O) groups excluding carboxylic acids is 2. The van der Waals surface area contributed by atoms with Crippen LogP contribution in [0.2, 0.25) is 0 Å². The summed E-state index contributed by atoms with van der Waals surface area (Å²) in [4.78, 5) is 25.9. The number of furan rings is 1. The molecule has 0 aliphatic heterocycles. The lowest BCUT2D eigenvalue weighted by Gasteiger charge is -2.25. The van der Waals surface area contributed by atoms with Crippen molar-refractivity contribution in [3.8, 4) is 0 Å². The van der Waals surface area contributed by atoms with E-state index in [1.807, 2.05) is 73.7 Å². The lowest BCUT2D eigenvalue weighted by Crippen LogP contribution is -2.39. The first-order valence-electron chi connectivity index (χ1n) is 11.9. The Hall–Kier alpha value is -4.65. The number of anilines is 2. The van der Waals surface area contributed by atoms with E-state index < -0.39 is 0 Å². The van der Waals surface area contributed by atoms with Crippen molar-refractivity contribution in [3.05, 3.63) is 119 Å². The summed E-state index contributed by atoms with van der Waals surface area (Å²) in [5.41, 5.74) is 10.0. The number of benzene rings is 3. The highest BCUT2D eigenvalue weighted by Gasteiger charge is 2.29. The second kappa shape index (κ2) is 10.3. The van der Waals surface area contributed by atoms with Crippen LogP contribution in [0.15, 0.2) is 101 Å². The minimum atomic E-state index is -0.359. The lowest BCUT2D eigenvalue weighted by atomic mass is 9.93. The molecular weight excluding hydrogens is 452 g/mol. The number of hydrazone groups is 1. The molecule has 0 spiro atoms. The molecule has 7 nitrogen and oxygen atoms in total. The molecular formula is C29H26N4O3. The molecule has 0 radical (unpaired) electrons. The van der Waals surface area contributed by atoms with Gasteiger partial charge in [-0.25, -0.2) is 5.43 Å². The fourth-order valence-corrected chi connectivity index (χ4v) is 4.35. The monoisotopic (exact) mass is 478 g/mol. The zero-order valence-corrected chi connectivity index (χ0v) is 19.9. The summed E-state index contributed by atoms with van der Waals surface area (Å²) in [6.07, 6.45) is 2.21. The first kappa shape index (κ1) is 23.1. The molecule has 2 N–H and O–H groups in total. The van der Waals surface area contributed by atoms with Crippen molar-refractivity contribution in [1.82, 2.24) is 10.9 Å².